The second kappa shape index (κ2) is 6.21. The van der Waals surface area contributed by atoms with Crippen LogP contribution in [-0.2, 0) is 6.54 Å². The van der Waals surface area contributed by atoms with Crippen LogP contribution in [0.25, 0.3) is 0 Å². The summed E-state index contributed by atoms with van der Waals surface area (Å²) in [7, 11) is 0. The summed E-state index contributed by atoms with van der Waals surface area (Å²) in [4.78, 5) is 2.40. The molecule has 1 aliphatic rings. The van der Waals surface area contributed by atoms with Gasteiger partial charge >= 0.3 is 0 Å². The van der Waals surface area contributed by atoms with Crippen LogP contribution < -0.4 is 0 Å². The van der Waals surface area contributed by atoms with Gasteiger partial charge in [0.1, 0.15) is 0 Å². The molecule has 1 N–H and O–H groups in total. The SMILES string of the molecule is O[C@@H]1CCCN(Cc2ccccc2)[C@@H]1c1ccccc1. The molecule has 0 aliphatic carbocycles. The van der Waals surface area contributed by atoms with E-state index in [0.29, 0.717) is 0 Å². The smallest absolute Gasteiger partial charge is 0.0737 e. The predicted molar refractivity (Wildman–Crippen MR) is 81.3 cm³/mol. The molecule has 2 aromatic rings. The number of hydrogen-bond acceptors (Lipinski definition) is 2. The maximum Gasteiger partial charge on any atom is 0.0737 e. The van der Waals surface area contributed by atoms with E-state index in [-0.39, 0.29) is 12.1 Å². The van der Waals surface area contributed by atoms with Crippen molar-refractivity contribution in [1.82, 2.24) is 4.90 Å². The van der Waals surface area contributed by atoms with Crippen molar-refractivity contribution in [2.75, 3.05) is 6.54 Å². The Morgan fingerprint density at radius 2 is 1.60 bits per heavy atom. The van der Waals surface area contributed by atoms with Crippen molar-refractivity contribution in [3.8, 4) is 0 Å². The molecule has 0 amide bonds. The molecule has 20 heavy (non-hydrogen) atoms. The maximum atomic E-state index is 10.4. The van der Waals surface area contributed by atoms with Crippen LogP contribution in [0.1, 0.15) is 30.0 Å². The van der Waals surface area contributed by atoms with E-state index >= 15 is 0 Å². The lowest BCUT2D eigenvalue weighted by atomic mass is 9.92. The van der Waals surface area contributed by atoms with E-state index in [1.165, 1.54) is 11.1 Å². The van der Waals surface area contributed by atoms with Crippen LogP contribution in [0.3, 0.4) is 0 Å². The molecule has 0 bridgehead atoms. The average molecular weight is 267 g/mol. The highest BCUT2D eigenvalue weighted by molar-refractivity contribution is 5.22. The van der Waals surface area contributed by atoms with Gasteiger partial charge in [-0.3, -0.25) is 4.90 Å². The van der Waals surface area contributed by atoms with Crippen molar-refractivity contribution in [3.05, 3.63) is 71.8 Å². The summed E-state index contributed by atoms with van der Waals surface area (Å²) in [5, 5.41) is 10.4. The van der Waals surface area contributed by atoms with Gasteiger partial charge in [-0.2, -0.15) is 0 Å². The molecule has 2 aromatic carbocycles. The summed E-state index contributed by atoms with van der Waals surface area (Å²) < 4.78 is 0. The van der Waals surface area contributed by atoms with Gasteiger partial charge in [0.15, 0.2) is 0 Å². The number of benzene rings is 2. The largest absolute Gasteiger partial charge is 0.391 e. The van der Waals surface area contributed by atoms with Crippen LogP contribution in [0, 0.1) is 0 Å². The van der Waals surface area contributed by atoms with Gasteiger partial charge in [-0.05, 0) is 30.5 Å². The van der Waals surface area contributed by atoms with Crippen molar-refractivity contribution >= 4 is 0 Å². The first kappa shape index (κ1) is 13.3. The first-order valence-corrected chi connectivity index (χ1v) is 7.35. The second-order valence-corrected chi connectivity index (χ2v) is 5.52. The molecule has 104 valence electrons. The van der Waals surface area contributed by atoms with E-state index in [0.717, 1.165) is 25.9 Å². The fraction of sp³-hybridized carbons (Fsp3) is 0.333. The van der Waals surface area contributed by atoms with Gasteiger partial charge in [-0.15, -0.1) is 0 Å². The van der Waals surface area contributed by atoms with E-state index < -0.39 is 0 Å². The standard InChI is InChI=1S/C18H21NO/c20-17-12-7-13-19(14-15-8-3-1-4-9-15)18(17)16-10-5-2-6-11-16/h1-6,8-11,17-18,20H,7,12-14H2/t17-,18-/m1/s1. The molecular weight excluding hydrogens is 246 g/mol. The number of rotatable bonds is 3. The fourth-order valence-corrected chi connectivity index (χ4v) is 3.12. The lowest BCUT2D eigenvalue weighted by Crippen LogP contribution is -2.41. The van der Waals surface area contributed by atoms with Crippen molar-refractivity contribution < 1.29 is 5.11 Å². The Kier molecular flexibility index (Phi) is 4.14. The highest BCUT2D eigenvalue weighted by Gasteiger charge is 2.31. The van der Waals surface area contributed by atoms with E-state index in [1.807, 2.05) is 12.1 Å². The van der Waals surface area contributed by atoms with Crippen molar-refractivity contribution in [1.29, 1.82) is 0 Å². The highest BCUT2D eigenvalue weighted by Crippen LogP contribution is 2.32. The van der Waals surface area contributed by atoms with Crippen molar-refractivity contribution in [3.63, 3.8) is 0 Å². The Balaban J connectivity index is 1.83. The van der Waals surface area contributed by atoms with Gasteiger partial charge in [0.2, 0.25) is 0 Å². The van der Waals surface area contributed by atoms with Crippen LogP contribution >= 0.6 is 0 Å². The first-order chi connectivity index (χ1) is 9.84. The minimum atomic E-state index is -0.269. The number of aliphatic hydroxyl groups is 1. The molecule has 2 atom stereocenters. The Hall–Kier alpha value is -1.64. The van der Waals surface area contributed by atoms with Crippen LogP contribution in [0.4, 0.5) is 0 Å². The third-order valence-electron chi connectivity index (χ3n) is 4.07. The van der Waals surface area contributed by atoms with E-state index in [9.17, 15) is 5.11 Å². The topological polar surface area (TPSA) is 23.5 Å². The molecule has 0 saturated carbocycles. The van der Waals surface area contributed by atoms with Gasteiger partial charge in [-0.25, -0.2) is 0 Å². The molecule has 1 saturated heterocycles. The van der Waals surface area contributed by atoms with E-state index in [1.54, 1.807) is 0 Å². The Bertz CT molecular complexity index is 526. The normalized spacial score (nSPS) is 23.6. The summed E-state index contributed by atoms with van der Waals surface area (Å²) in [5.41, 5.74) is 2.53. The number of piperidine rings is 1. The summed E-state index contributed by atoms with van der Waals surface area (Å²) in [5.74, 6) is 0. The molecule has 1 fully saturated rings. The molecule has 1 heterocycles. The number of likely N-dealkylation sites (tertiary alicyclic amines) is 1. The Morgan fingerprint density at radius 3 is 2.30 bits per heavy atom. The third-order valence-corrected chi connectivity index (χ3v) is 4.07. The third kappa shape index (κ3) is 2.92. The zero-order valence-electron chi connectivity index (χ0n) is 11.7. The molecule has 2 heteroatoms. The first-order valence-electron chi connectivity index (χ1n) is 7.35. The molecular formula is C18H21NO. The summed E-state index contributed by atoms with van der Waals surface area (Å²) >= 11 is 0. The fourth-order valence-electron chi connectivity index (χ4n) is 3.12. The Labute approximate surface area is 120 Å². The molecule has 1 aliphatic heterocycles. The molecule has 0 unspecified atom stereocenters. The Morgan fingerprint density at radius 1 is 0.950 bits per heavy atom. The van der Waals surface area contributed by atoms with Gasteiger partial charge in [0.25, 0.3) is 0 Å². The molecule has 2 nitrogen and oxygen atoms in total. The summed E-state index contributed by atoms with van der Waals surface area (Å²) in [6.45, 7) is 1.95. The quantitative estimate of drug-likeness (QED) is 0.921. The molecule has 3 rings (SSSR count). The minimum absolute atomic E-state index is 0.116. The van der Waals surface area contributed by atoms with Crippen molar-refractivity contribution in [2.24, 2.45) is 0 Å². The second-order valence-electron chi connectivity index (χ2n) is 5.52. The van der Waals surface area contributed by atoms with Crippen LogP contribution in [0.2, 0.25) is 0 Å². The van der Waals surface area contributed by atoms with E-state index in [2.05, 4.69) is 53.4 Å². The summed E-state index contributed by atoms with van der Waals surface area (Å²) in [6, 6.07) is 21.0. The zero-order chi connectivity index (χ0) is 13.8. The maximum absolute atomic E-state index is 10.4. The number of aliphatic hydroxyl groups excluding tert-OH is 1. The zero-order valence-corrected chi connectivity index (χ0v) is 11.7. The van der Waals surface area contributed by atoms with Gasteiger partial charge in [0.05, 0.1) is 12.1 Å². The van der Waals surface area contributed by atoms with Crippen LogP contribution in [0.15, 0.2) is 60.7 Å². The van der Waals surface area contributed by atoms with E-state index in [4.69, 9.17) is 0 Å². The van der Waals surface area contributed by atoms with Gasteiger partial charge in [-0.1, -0.05) is 60.7 Å². The highest BCUT2D eigenvalue weighted by atomic mass is 16.3. The monoisotopic (exact) mass is 267 g/mol. The molecule has 0 radical (unpaired) electrons. The minimum Gasteiger partial charge on any atom is -0.391 e. The van der Waals surface area contributed by atoms with Crippen molar-refractivity contribution in [2.45, 2.75) is 31.5 Å². The number of nitrogens with zero attached hydrogens (tertiary/aromatic N) is 1. The predicted octanol–water partition coefficient (Wildman–Crippen LogP) is 3.38. The van der Waals surface area contributed by atoms with Crippen LogP contribution in [0.5, 0.6) is 0 Å². The van der Waals surface area contributed by atoms with Crippen LogP contribution in [-0.4, -0.2) is 22.7 Å². The lowest BCUT2D eigenvalue weighted by Gasteiger charge is -2.39. The molecule has 0 aromatic heterocycles. The van der Waals surface area contributed by atoms with Gasteiger partial charge in [0, 0.05) is 6.54 Å². The van der Waals surface area contributed by atoms with Gasteiger partial charge < -0.3 is 5.11 Å². The molecule has 0 spiro atoms. The summed E-state index contributed by atoms with van der Waals surface area (Å²) in [6.07, 6.45) is 1.69. The average Bonchev–Trinajstić information content (AvgIpc) is 2.49. The number of hydrogen-bond donors (Lipinski definition) is 1. The lowest BCUT2D eigenvalue weighted by molar-refractivity contribution is 0.00521.